The first kappa shape index (κ1) is 20.4. The molecule has 5 nitrogen and oxygen atoms in total. The molecule has 0 aliphatic carbocycles. The number of ether oxygens (including phenoxy) is 1. The van der Waals surface area contributed by atoms with Crippen molar-refractivity contribution in [1.82, 2.24) is 8.87 Å². The van der Waals surface area contributed by atoms with Crippen molar-refractivity contribution in [3.63, 3.8) is 0 Å². The number of aryl methyl sites for hydroxylation is 1. The van der Waals surface area contributed by atoms with Gasteiger partial charge in [0.2, 0.25) is 0 Å². The van der Waals surface area contributed by atoms with Crippen molar-refractivity contribution in [3.05, 3.63) is 58.7 Å². The lowest BCUT2D eigenvalue weighted by molar-refractivity contribution is 0.113. The average molecular weight is 477 g/mol. The fourth-order valence-electron chi connectivity index (χ4n) is 3.79. The number of fused-ring (bicyclic) bond motifs is 1. The van der Waals surface area contributed by atoms with Gasteiger partial charge in [-0.3, -0.25) is 0 Å². The molecule has 0 saturated carbocycles. The molecule has 0 bridgehead atoms. The van der Waals surface area contributed by atoms with Gasteiger partial charge in [0.05, 0.1) is 10.4 Å². The van der Waals surface area contributed by atoms with E-state index in [2.05, 4.69) is 34.8 Å². The van der Waals surface area contributed by atoms with E-state index in [0.717, 1.165) is 47.8 Å². The minimum atomic E-state index is -3.72. The van der Waals surface area contributed by atoms with Crippen molar-refractivity contribution >= 4 is 36.9 Å². The minimum Gasteiger partial charge on any atom is -0.490 e. The van der Waals surface area contributed by atoms with Crippen LogP contribution in [-0.4, -0.2) is 43.5 Å². The van der Waals surface area contributed by atoms with E-state index in [4.69, 9.17) is 4.74 Å². The lowest BCUT2D eigenvalue weighted by atomic mass is 10.1. The van der Waals surface area contributed by atoms with Crippen molar-refractivity contribution in [1.29, 1.82) is 0 Å². The van der Waals surface area contributed by atoms with Gasteiger partial charge in [-0.1, -0.05) is 28.9 Å². The molecule has 7 heteroatoms. The molecule has 1 aliphatic rings. The first-order valence-corrected chi connectivity index (χ1v) is 12.1. The SMILES string of the molecule is CCc1ccc(S(=O)(=O)n2ccc3cc(Br)ccc32)cc1OC1CCN(C)CC1. The summed E-state index contributed by atoms with van der Waals surface area (Å²) in [5.74, 6) is 0.683. The van der Waals surface area contributed by atoms with Gasteiger partial charge in [0.15, 0.2) is 0 Å². The molecule has 0 spiro atoms. The zero-order chi connectivity index (χ0) is 20.6. The summed E-state index contributed by atoms with van der Waals surface area (Å²) < 4.78 is 35.3. The third kappa shape index (κ3) is 4.09. The molecule has 2 heterocycles. The third-order valence-electron chi connectivity index (χ3n) is 5.55. The molecular weight excluding hydrogens is 452 g/mol. The van der Waals surface area contributed by atoms with Crippen LogP contribution in [0.3, 0.4) is 0 Å². The standard InChI is InChI=1S/C22H25BrN2O3S/c1-3-16-4-6-20(15-22(16)28-19-9-11-24(2)12-10-19)29(26,27)25-13-8-17-14-18(23)5-7-21(17)25/h4-8,13-15,19H,3,9-12H2,1-2H3. The Morgan fingerprint density at radius 1 is 1.10 bits per heavy atom. The number of rotatable bonds is 5. The molecule has 1 aromatic heterocycles. The van der Waals surface area contributed by atoms with Crippen molar-refractivity contribution in [3.8, 4) is 5.75 Å². The molecule has 1 saturated heterocycles. The molecule has 2 aromatic carbocycles. The average Bonchev–Trinajstić information content (AvgIpc) is 3.13. The number of piperidine rings is 1. The fourth-order valence-corrected chi connectivity index (χ4v) is 5.54. The number of hydrogen-bond donors (Lipinski definition) is 0. The van der Waals surface area contributed by atoms with E-state index >= 15 is 0 Å². The number of likely N-dealkylation sites (tertiary alicyclic amines) is 1. The first-order valence-electron chi connectivity index (χ1n) is 9.89. The van der Waals surface area contributed by atoms with E-state index in [1.54, 1.807) is 18.3 Å². The quantitative estimate of drug-likeness (QED) is 0.536. The van der Waals surface area contributed by atoms with E-state index in [-0.39, 0.29) is 11.0 Å². The Morgan fingerprint density at radius 3 is 2.59 bits per heavy atom. The van der Waals surface area contributed by atoms with Gasteiger partial charge in [0, 0.05) is 35.2 Å². The maximum Gasteiger partial charge on any atom is 0.268 e. The van der Waals surface area contributed by atoms with Gasteiger partial charge < -0.3 is 9.64 Å². The summed E-state index contributed by atoms with van der Waals surface area (Å²) in [5, 5.41) is 0.871. The van der Waals surface area contributed by atoms with Gasteiger partial charge in [0.25, 0.3) is 10.0 Å². The number of aromatic nitrogens is 1. The van der Waals surface area contributed by atoms with E-state index in [9.17, 15) is 8.42 Å². The van der Waals surface area contributed by atoms with Crippen LogP contribution in [0.2, 0.25) is 0 Å². The van der Waals surface area contributed by atoms with Crippen molar-refractivity contribution < 1.29 is 13.2 Å². The van der Waals surface area contributed by atoms with E-state index in [1.165, 1.54) is 3.97 Å². The van der Waals surface area contributed by atoms with Gasteiger partial charge >= 0.3 is 0 Å². The zero-order valence-corrected chi connectivity index (χ0v) is 19.0. The summed E-state index contributed by atoms with van der Waals surface area (Å²) in [4.78, 5) is 2.54. The molecule has 1 aliphatic heterocycles. The Bertz CT molecular complexity index is 1130. The molecule has 0 radical (unpaired) electrons. The molecule has 0 amide bonds. The van der Waals surface area contributed by atoms with Crippen LogP contribution in [0.1, 0.15) is 25.3 Å². The highest BCUT2D eigenvalue weighted by Crippen LogP contribution is 2.30. The van der Waals surface area contributed by atoms with Crippen LogP contribution in [0.5, 0.6) is 5.75 Å². The summed E-state index contributed by atoms with van der Waals surface area (Å²) in [6.45, 7) is 4.05. The lowest BCUT2D eigenvalue weighted by Crippen LogP contribution is -2.35. The van der Waals surface area contributed by atoms with Gasteiger partial charge in [-0.2, -0.15) is 0 Å². The fraction of sp³-hybridized carbons (Fsp3) is 0.364. The maximum absolute atomic E-state index is 13.4. The monoisotopic (exact) mass is 476 g/mol. The van der Waals surface area contributed by atoms with Gasteiger partial charge in [-0.05, 0) is 62.2 Å². The molecule has 0 N–H and O–H groups in total. The summed E-state index contributed by atoms with van der Waals surface area (Å²) in [6.07, 6.45) is 4.43. The summed E-state index contributed by atoms with van der Waals surface area (Å²) in [5.41, 5.74) is 1.69. The zero-order valence-electron chi connectivity index (χ0n) is 16.6. The number of halogens is 1. The Balaban J connectivity index is 1.70. The van der Waals surface area contributed by atoms with Crippen molar-refractivity contribution in [2.24, 2.45) is 0 Å². The third-order valence-corrected chi connectivity index (χ3v) is 7.73. The van der Waals surface area contributed by atoms with Crippen LogP contribution in [0, 0.1) is 0 Å². The van der Waals surface area contributed by atoms with Crippen LogP contribution >= 0.6 is 15.9 Å². The summed E-state index contributed by atoms with van der Waals surface area (Å²) in [6, 6.07) is 12.6. The molecule has 0 unspecified atom stereocenters. The number of hydrogen-bond acceptors (Lipinski definition) is 4. The topological polar surface area (TPSA) is 51.5 Å². The van der Waals surface area contributed by atoms with E-state index in [0.29, 0.717) is 11.3 Å². The van der Waals surface area contributed by atoms with Gasteiger partial charge in [-0.15, -0.1) is 0 Å². The second-order valence-corrected chi connectivity index (χ2v) is 10.3. The number of nitrogens with zero attached hydrogens (tertiary/aromatic N) is 2. The highest BCUT2D eigenvalue weighted by atomic mass is 79.9. The predicted molar refractivity (Wildman–Crippen MR) is 119 cm³/mol. The normalized spacial score (nSPS) is 16.4. The summed E-state index contributed by atoms with van der Waals surface area (Å²) >= 11 is 3.43. The molecule has 3 aromatic rings. The molecule has 154 valence electrons. The largest absolute Gasteiger partial charge is 0.490 e. The molecule has 0 atom stereocenters. The van der Waals surface area contributed by atoms with Crippen LogP contribution < -0.4 is 4.74 Å². The second kappa shape index (κ2) is 8.13. The summed E-state index contributed by atoms with van der Waals surface area (Å²) in [7, 11) is -1.61. The Labute approximate surface area is 180 Å². The Hall–Kier alpha value is -1.83. The lowest BCUT2D eigenvalue weighted by Gasteiger charge is -2.30. The van der Waals surface area contributed by atoms with Gasteiger partial charge in [-0.25, -0.2) is 12.4 Å². The maximum atomic E-state index is 13.4. The second-order valence-electron chi connectivity index (χ2n) is 7.56. The predicted octanol–water partition coefficient (Wildman–Crippen LogP) is 4.68. The smallest absolute Gasteiger partial charge is 0.268 e. The van der Waals surface area contributed by atoms with Gasteiger partial charge in [0.1, 0.15) is 11.9 Å². The number of benzene rings is 2. The Morgan fingerprint density at radius 2 is 1.86 bits per heavy atom. The molecule has 29 heavy (non-hydrogen) atoms. The highest BCUT2D eigenvalue weighted by molar-refractivity contribution is 9.10. The minimum absolute atomic E-state index is 0.124. The Kier molecular flexibility index (Phi) is 5.73. The van der Waals surface area contributed by atoms with Crippen LogP contribution in [-0.2, 0) is 16.4 Å². The van der Waals surface area contributed by atoms with E-state index in [1.807, 2.05) is 30.3 Å². The van der Waals surface area contributed by atoms with Crippen LogP contribution in [0.25, 0.3) is 10.9 Å². The van der Waals surface area contributed by atoms with Crippen LogP contribution in [0.4, 0.5) is 0 Å². The van der Waals surface area contributed by atoms with Crippen molar-refractivity contribution in [2.45, 2.75) is 37.2 Å². The molecule has 1 fully saturated rings. The van der Waals surface area contributed by atoms with Crippen molar-refractivity contribution in [2.75, 3.05) is 20.1 Å². The molecular formula is C22H25BrN2O3S. The highest BCUT2D eigenvalue weighted by Gasteiger charge is 2.23. The molecule has 4 rings (SSSR count). The first-order chi connectivity index (χ1) is 13.9. The van der Waals surface area contributed by atoms with E-state index < -0.39 is 10.0 Å². The van der Waals surface area contributed by atoms with Crippen LogP contribution in [0.15, 0.2) is 58.0 Å².